The highest BCUT2D eigenvalue weighted by atomic mass is 16.6. The molecule has 1 aliphatic heterocycles. The quantitative estimate of drug-likeness (QED) is 0.692. The van der Waals surface area contributed by atoms with Crippen LogP contribution in [0.3, 0.4) is 0 Å². The maximum atomic E-state index is 12.0. The van der Waals surface area contributed by atoms with Gasteiger partial charge < -0.3 is 14.7 Å². The summed E-state index contributed by atoms with van der Waals surface area (Å²) in [5.74, 6) is 0. The Morgan fingerprint density at radius 1 is 1.31 bits per heavy atom. The Bertz CT molecular complexity index is 289. The third kappa shape index (κ3) is 3.11. The van der Waals surface area contributed by atoms with Gasteiger partial charge >= 0.3 is 6.09 Å². The summed E-state index contributed by atoms with van der Waals surface area (Å²) in [7, 11) is 0. The van der Waals surface area contributed by atoms with Crippen molar-refractivity contribution in [1.82, 2.24) is 4.90 Å². The van der Waals surface area contributed by atoms with E-state index in [2.05, 4.69) is 0 Å². The van der Waals surface area contributed by atoms with Crippen molar-refractivity contribution in [2.45, 2.75) is 64.7 Å². The second-order valence-electron chi connectivity index (χ2n) is 6.55. The number of amides is 1. The van der Waals surface area contributed by atoms with Crippen LogP contribution in [0.2, 0.25) is 0 Å². The van der Waals surface area contributed by atoms with Crippen LogP contribution in [0.1, 0.15) is 48.0 Å². The second-order valence-corrected chi connectivity index (χ2v) is 6.55. The van der Waals surface area contributed by atoms with Crippen LogP contribution in [0.15, 0.2) is 0 Å². The first-order valence-corrected chi connectivity index (χ1v) is 5.66. The Morgan fingerprint density at radius 2 is 1.81 bits per heavy atom. The molecule has 1 atom stereocenters. The molecule has 1 amide bonds. The van der Waals surface area contributed by atoms with Gasteiger partial charge in [0, 0.05) is 12.0 Å². The highest BCUT2D eigenvalue weighted by molar-refractivity contribution is 5.70. The SMILES string of the molecule is CC1(O)CN(C(=O)OC(C)(C)C)C(C)(C)C1. The van der Waals surface area contributed by atoms with E-state index >= 15 is 0 Å². The third-order valence-electron chi connectivity index (χ3n) is 2.66. The summed E-state index contributed by atoms with van der Waals surface area (Å²) in [6.07, 6.45) is 0.217. The molecule has 0 aromatic heterocycles. The van der Waals surface area contributed by atoms with Gasteiger partial charge in [-0.3, -0.25) is 0 Å². The first kappa shape index (κ1) is 13.3. The lowest BCUT2D eigenvalue weighted by Crippen LogP contribution is -2.45. The molecule has 0 bridgehead atoms. The van der Waals surface area contributed by atoms with Gasteiger partial charge in [0.05, 0.1) is 12.1 Å². The fraction of sp³-hybridized carbons (Fsp3) is 0.917. The van der Waals surface area contributed by atoms with Crippen LogP contribution in [0.25, 0.3) is 0 Å². The summed E-state index contributed by atoms with van der Waals surface area (Å²) in [4.78, 5) is 13.6. The van der Waals surface area contributed by atoms with Gasteiger partial charge in [0.1, 0.15) is 5.60 Å². The molecular weight excluding hydrogens is 206 g/mol. The van der Waals surface area contributed by atoms with Crippen LogP contribution in [-0.2, 0) is 4.74 Å². The summed E-state index contributed by atoms with van der Waals surface area (Å²) in [5.41, 5.74) is -1.67. The van der Waals surface area contributed by atoms with E-state index in [-0.39, 0.29) is 11.6 Å². The van der Waals surface area contributed by atoms with Gasteiger partial charge in [-0.15, -0.1) is 0 Å². The van der Waals surface area contributed by atoms with E-state index in [1.165, 1.54) is 0 Å². The number of carbonyl (C=O) groups is 1. The molecule has 1 fully saturated rings. The van der Waals surface area contributed by atoms with E-state index in [0.29, 0.717) is 13.0 Å². The highest BCUT2D eigenvalue weighted by Gasteiger charge is 2.48. The van der Waals surface area contributed by atoms with Gasteiger partial charge in [0.2, 0.25) is 0 Å². The van der Waals surface area contributed by atoms with Crippen LogP contribution < -0.4 is 0 Å². The number of likely N-dealkylation sites (tertiary alicyclic amines) is 1. The number of carbonyl (C=O) groups excluding carboxylic acids is 1. The van der Waals surface area contributed by atoms with Crippen molar-refractivity contribution in [2.75, 3.05) is 6.54 Å². The largest absolute Gasteiger partial charge is 0.444 e. The van der Waals surface area contributed by atoms with Crippen molar-refractivity contribution in [3.63, 3.8) is 0 Å². The van der Waals surface area contributed by atoms with Crippen molar-refractivity contribution in [3.05, 3.63) is 0 Å². The minimum absolute atomic E-state index is 0.328. The number of aliphatic hydroxyl groups is 1. The van der Waals surface area contributed by atoms with Gasteiger partial charge in [-0.2, -0.15) is 0 Å². The average molecular weight is 229 g/mol. The topological polar surface area (TPSA) is 49.8 Å². The first-order chi connectivity index (χ1) is 6.93. The zero-order chi connectivity index (χ0) is 12.8. The van der Waals surface area contributed by atoms with Gasteiger partial charge in [-0.25, -0.2) is 4.79 Å². The Balaban J connectivity index is 2.78. The van der Waals surface area contributed by atoms with Crippen molar-refractivity contribution in [1.29, 1.82) is 0 Å². The molecule has 0 aliphatic carbocycles. The average Bonchev–Trinajstić information content (AvgIpc) is 2.14. The number of hydrogen-bond acceptors (Lipinski definition) is 3. The molecule has 4 nitrogen and oxygen atoms in total. The maximum Gasteiger partial charge on any atom is 0.410 e. The molecular formula is C12H23NO3. The van der Waals surface area contributed by atoms with E-state index in [4.69, 9.17) is 4.74 Å². The fourth-order valence-electron chi connectivity index (χ4n) is 2.27. The molecule has 1 saturated heterocycles. The van der Waals surface area contributed by atoms with Gasteiger partial charge in [-0.05, 0) is 41.5 Å². The Kier molecular flexibility index (Phi) is 3.01. The summed E-state index contributed by atoms with van der Waals surface area (Å²) in [6, 6.07) is 0. The molecule has 16 heavy (non-hydrogen) atoms. The summed E-state index contributed by atoms with van der Waals surface area (Å²) in [5, 5.41) is 10.00. The molecule has 1 rings (SSSR count). The molecule has 94 valence electrons. The van der Waals surface area contributed by atoms with Gasteiger partial charge in [0.15, 0.2) is 0 Å². The van der Waals surface area contributed by atoms with E-state index in [0.717, 1.165) is 0 Å². The molecule has 0 spiro atoms. The van der Waals surface area contributed by atoms with Crippen molar-refractivity contribution in [3.8, 4) is 0 Å². The molecule has 1 unspecified atom stereocenters. The highest BCUT2D eigenvalue weighted by Crippen LogP contribution is 2.36. The molecule has 0 aromatic rings. The lowest BCUT2D eigenvalue weighted by molar-refractivity contribution is 0.00916. The van der Waals surface area contributed by atoms with Crippen molar-refractivity contribution in [2.24, 2.45) is 0 Å². The van der Waals surface area contributed by atoms with Crippen LogP contribution in [-0.4, -0.2) is 39.4 Å². The molecule has 4 heteroatoms. The molecule has 0 saturated carbocycles. The molecule has 0 aromatic carbocycles. The fourth-order valence-corrected chi connectivity index (χ4v) is 2.27. The predicted octanol–water partition coefficient (Wildman–Crippen LogP) is 2.16. The Morgan fingerprint density at radius 3 is 2.12 bits per heavy atom. The minimum atomic E-state index is -0.819. The first-order valence-electron chi connectivity index (χ1n) is 5.66. The third-order valence-corrected chi connectivity index (χ3v) is 2.66. The number of hydrogen-bond donors (Lipinski definition) is 1. The van der Waals surface area contributed by atoms with E-state index in [9.17, 15) is 9.90 Å². The van der Waals surface area contributed by atoms with E-state index in [1.54, 1.807) is 11.8 Å². The van der Waals surface area contributed by atoms with Gasteiger partial charge in [-0.1, -0.05) is 0 Å². The number of nitrogens with zero attached hydrogens (tertiary/aromatic N) is 1. The Labute approximate surface area is 97.6 Å². The predicted molar refractivity (Wildman–Crippen MR) is 62.3 cm³/mol. The van der Waals surface area contributed by atoms with E-state index < -0.39 is 11.2 Å². The molecule has 1 aliphatic rings. The molecule has 1 heterocycles. The maximum absolute atomic E-state index is 12.0. The summed E-state index contributed by atoms with van der Waals surface area (Å²) in [6.45, 7) is 11.5. The minimum Gasteiger partial charge on any atom is -0.444 e. The number of rotatable bonds is 0. The second kappa shape index (κ2) is 3.62. The Hall–Kier alpha value is -0.770. The van der Waals surface area contributed by atoms with Crippen LogP contribution >= 0.6 is 0 Å². The lowest BCUT2D eigenvalue weighted by Gasteiger charge is -2.33. The van der Waals surface area contributed by atoms with Crippen LogP contribution in [0, 0.1) is 0 Å². The van der Waals surface area contributed by atoms with Crippen LogP contribution in [0.4, 0.5) is 4.79 Å². The monoisotopic (exact) mass is 229 g/mol. The van der Waals surface area contributed by atoms with Crippen LogP contribution in [0.5, 0.6) is 0 Å². The van der Waals surface area contributed by atoms with Crippen molar-refractivity contribution < 1.29 is 14.6 Å². The van der Waals surface area contributed by atoms with Gasteiger partial charge in [0.25, 0.3) is 0 Å². The lowest BCUT2D eigenvalue weighted by atomic mass is 9.95. The molecule has 1 N–H and O–H groups in total. The van der Waals surface area contributed by atoms with E-state index in [1.807, 2.05) is 34.6 Å². The summed E-state index contributed by atoms with van der Waals surface area (Å²) >= 11 is 0. The zero-order valence-electron chi connectivity index (χ0n) is 11.1. The number of β-amino-alcohol motifs (C(OH)–C–C–N with tert-alkyl or cyclic N) is 1. The standard InChI is InChI=1S/C12H23NO3/c1-10(2,3)16-9(14)13-8-12(6,15)7-11(13,4)5/h15H,7-8H2,1-6H3. The zero-order valence-corrected chi connectivity index (χ0v) is 11.1. The van der Waals surface area contributed by atoms with Crippen molar-refractivity contribution >= 4 is 6.09 Å². The summed E-state index contributed by atoms with van der Waals surface area (Å²) < 4.78 is 5.33. The molecule has 0 radical (unpaired) electrons. The normalized spacial score (nSPS) is 29.3. The smallest absolute Gasteiger partial charge is 0.410 e. The number of ether oxygens (including phenoxy) is 1.